The molecule has 0 unspecified atom stereocenters. The number of aryl methyl sites for hydroxylation is 2. The van der Waals surface area contributed by atoms with Crippen molar-refractivity contribution in [3.8, 4) is 0 Å². The number of hydrogen-bond acceptors (Lipinski definition) is 4. The zero-order chi connectivity index (χ0) is 14.9. The Balaban J connectivity index is 2.48. The molecule has 2 rings (SSSR count). The van der Waals surface area contributed by atoms with Gasteiger partial charge in [0.2, 0.25) is 0 Å². The summed E-state index contributed by atoms with van der Waals surface area (Å²) in [5.74, 6) is 0. The summed E-state index contributed by atoms with van der Waals surface area (Å²) in [5.41, 5.74) is 0.607. The Hall–Kier alpha value is -2.70. The smallest absolute Gasteiger partial charge is 0.289 e. The van der Waals surface area contributed by atoms with Gasteiger partial charge in [-0.05, 0) is 19.4 Å². The molecule has 0 atom stereocenters. The third kappa shape index (κ3) is 2.82. The van der Waals surface area contributed by atoms with Gasteiger partial charge in [0.15, 0.2) is 0 Å². The van der Waals surface area contributed by atoms with Crippen molar-refractivity contribution in [3.05, 3.63) is 72.0 Å². The molecule has 2 aromatic rings. The largest absolute Gasteiger partial charge is 0.350 e. The molecule has 1 heterocycles. The third-order valence-corrected chi connectivity index (χ3v) is 2.82. The highest BCUT2D eigenvalue weighted by molar-refractivity contribution is 5.29. The van der Waals surface area contributed by atoms with E-state index in [1.807, 2.05) is 37.0 Å². The zero-order valence-corrected chi connectivity index (χ0v) is 11.0. The molecule has 1 aromatic heterocycles. The number of nitrogens with zero attached hydrogens (tertiary/aromatic N) is 2. The molecule has 0 aliphatic rings. The maximum absolute atomic E-state index is 11.7. The number of benzene rings is 1. The van der Waals surface area contributed by atoms with Crippen LogP contribution in [0, 0.1) is 24.0 Å². The Morgan fingerprint density at radius 3 is 2.35 bits per heavy atom. The first-order chi connectivity index (χ1) is 9.36. The van der Waals surface area contributed by atoms with Crippen molar-refractivity contribution in [2.24, 2.45) is 0 Å². The second-order valence-electron chi connectivity index (χ2n) is 4.65. The van der Waals surface area contributed by atoms with Crippen LogP contribution in [-0.2, 0) is 6.54 Å². The third-order valence-electron chi connectivity index (χ3n) is 2.82. The van der Waals surface area contributed by atoms with E-state index in [1.54, 1.807) is 0 Å². The molecule has 0 amide bonds. The van der Waals surface area contributed by atoms with Crippen molar-refractivity contribution in [2.45, 2.75) is 20.4 Å². The Labute approximate surface area is 113 Å². The van der Waals surface area contributed by atoms with Crippen LogP contribution in [0.5, 0.6) is 0 Å². The number of H-pyrrole nitrogens is 1. The molecule has 0 fully saturated rings. The lowest BCUT2D eigenvalue weighted by Gasteiger charge is -2.07. The summed E-state index contributed by atoms with van der Waals surface area (Å²) in [4.78, 5) is 34.8. The van der Waals surface area contributed by atoms with Crippen LogP contribution in [0.1, 0.15) is 16.7 Å². The van der Waals surface area contributed by atoms with Gasteiger partial charge in [-0.15, -0.1) is 0 Å². The zero-order valence-electron chi connectivity index (χ0n) is 11.0. The van der Waals surface area contributed by atoms with Crippen LogP contribution in [0.25, 0.3) is 0 Å². The SMILES string of the molecule is Cc1cc(C)cc(Cn2cc([N+](=O)[O-])c(=O)[nH]c2=O)c1. The number of nitro groups is 1. The Morgan fingerprint density at radius 1 is 1.20 bits per heavy atom. The van der Waals surface area contributed by atoms with Crippen LogP contribution >= 0.6 is 0 Å². The van der Waals surface area contributed by atoms with Gasteiger partial charge in [0, 0.05) is 0 Å². The Bertz CT molecular complexity index is 769. The molecule has 7 nitrogen and oxygen atoms in total. The topological polar surface area (TPSA) is 98.0 Å². The second-order valence-corrected chi connectivity index (χ2v) is 4.65. The van der Waals surface area contributed by atoms with E-state index in [-0.39, 0.29) is 6.54 Å². The average molecular weight is 275 g/mol. The van der Waals surface area contributed by atoms with Crippen LogP contribution in [0.3, 0.4) is 0 Å². The van der Waals surface area contributed by atoms with Gasteiger partial charge in [0.25, 0.3) is 0 Å². The summed E-state index contributed by atoms with van der Waals surface area (Å²) in [5, 5.41) is 10.7. The Morgan fingerprint density at radius 2 is 1.80 bits per heavy atom. The number of aromatic nitrogens is 2. The number of hydrogen-bond donors (Lipinski definition) is 1. The van der Waals surface area contributed by atoms with E-state index in [0.717, 1.165) is 27.5 Å². The summed E-state index contributed by atoms with van der Waals surface area (Å²) in [6, 6.07) is 5.76. The molecular formula is C13H13N3O4. The fourth-order valence-electron chi connectivity index (χ4n) is 2.10. The molecule has 20 heavy (non-hydrogen) atoms. The van der Waals surface area contributed by atoms with Crippen molar-refractivity contribution >= 4 is 5.69 Å². The molecule has 0 bridgehead atoms. The first-order valence-corrected chi connectivity index (χ1v) is 5.92. The fraction of sp³-hybridized carbons (Fsp3) is 0.231. The fourth-order valence-corrected chi connectivity index (χ4v) is 2.10. The number of nitrogens with one attached hydrogen (secondary N) is 1. The van der Waals surface area contributed by atoms with E-state index in [0.29, 0.717) is 0 Å². The lowest BCUT2D eigenvalue weighted by Crippen LogP contribution is -2.31. The quantitative estimate of drug-likeness (QED) is 0.670. The maximum Gasteiger partial charge on any atom is 0.350 e. The van der Waals surface area contributed by atoms with Gasteiger partial charge in [-0.1, -0.05) is 29.3 Å². The lowest BCUT2D eigenvalue weighted by atomic mass is 10.1. The van der Waals surface area contributed by atoms with E-state index in [1.165, 1.54) is 0 Å². The molecule has 0 aliphatic heterocycles. The van der Waals surface area contributed by atoms with Crippen molar-refractivity contribution in [3.63, 3.8) is 0 Å². The second kappa shape index (κ2) is 5.12. The van der Waals surface area contributed by atoms with Gasteiger partial charge in [0.1, 0.15) is 0 Å². The predicted molar refractivity (Wildman–Crippen MR) is 73.0 cm³/mol. The lowest BCUT2D eigenvalue weighted by molar-refractivity contribution is -0.386. The molecule has 0 saturated carbocycles. The normalized spacial score (nSPS) is 10.5. The molecule has 0 radical (unpaired) electrons. The van der Waals surface area contributed by atoms with Gasteiger partial charge in [-0.2, -0.15) is 0 Å². The monoisotopic (exact) mass is 275 g/mol. The highest BCUT2D eigenvalue weighted by atomic mass is 16.6. The van der Waals surface area contributed by atoms with Crippen LogP contribution in [0.15, 0.2) is 34.0 Å². The van der Waals surface area contributed by atoms with Crippen LogP contribution in [0.2, 0.25) is 0 Å². The molecular weight excluding hydrogens is 262 g/mol. The minimum atomic E-state index is -0.989. The summed E-state index contributed by atoms with van der Waals surface area (Å²) < 4.78 is 1.12. The first kappa shape index (κ1) is 13.7. The Kier molecular flexibility index (Phi) is 3.51. The molecule has 1 aromatic carbocycles. The average Bonchev–Trinajstić information content (AvgIpc) is 2.30. The summed E-state index contributed by atoms with van der Waals surface area (Å²) >= 11 is 0. The van der Waals surface area contributed by atoms with Crippen LogP contribution in [0.4, 0.5) is 5.69 Å². The predicted octanol–water partition coefficient (Wildman–Crippen LogP) is 1.11. The molecule has 1 N–H and O–H groups in total. The van der Waals surface area contributed by atoms with Crippen molar-refractivity contribution in [1.29, 1.82) is 0 Å². The minimum absolute atomic E-state index is 0.166. The van der Waals surface area contributed by atoms with Crippen LogP contribution < -0.4 is 11.2 Å². The summed E-state index contributed by atoms with van der Waals surface area (Å²) in [6.45, 7) is 4.02. The highest BCUT2D eigenvalue weighted by Gasteiger charge is 2.14. The highest BCUT2D eigenvalue weighted by Crippen LogP contribution is 2.10. The van der Waals surface area contributed by atoms with Crippen molar-refractivity contribution in [1.82, 2.24) is 9.55 Å². The molecule has 0 saturated heterocycles. The van der Waals surface area contributed by atoms with Crippen molar-refractivity contribution < 1.29 is 4.92 Å². The molecule has 104 valence electrons. The van der Waals surface area contributed by atoms with Gasteiger partial charge < -0.3 is 0 Å². The number of aromatic amines is 1. The standard InChI is InChI=1S/C13H13N3O4/c1-8-3-9(2)5-10(4-8)6-15-7-11(16(19)20)12(17)14-13(15)18/h3-5,7H,6H2,1-2H3,(H,14,17,18). The first-order valence-electron chi connectivity index (χ1n) is 5.92. The summed E-state index contributed by atoms with van der Waals surface area (Å²) in [6.07, 6.45) is 0.971. The van der Waals surface area contributed by atoms with E-state index < -0.39 is 21.9 Å². The maximum atomic E-state index is 11.7. The van der Waals surface area contributed by atoms with Gasteiger partial charge >= 0.3 is 16.9 Å². The van der Waals surface area contributed by atoms with Gasteiger partial charge in [-0.3, -0.25) is 24.5 Å². The van der Waals surface area contributed by atoms with Crippen molar-refractivity contribution in [2.75, 3.05) is 0 Å². The molecule has 7 heteroatoms. The van der Waals surface area contributed by atoms with E-state index >= 15 is 0 Å². The van der Waals surface area contributed by atoms with Gasteiger partial charge in [0.05, 0.1) is 17.7 Å². The minimum Gasteiger partial charge on any atom is -0.289 e. The summed E-state index contributed by atoms with van der Waals surface area (Å²) in [7, 11) is 0. The molecule has 0 spiro atoms. The molecule has 0 aliphatic carbocycles. The van der Waals surface area contributed by atoms with E-state index in [4.69, 9.17) is 0 Å². The van der Waals surface area contributed by atoms with Crippen LogP contribution in [-0.4, -0.2) is 14.5 Å². The number of rotatable bonds is 3. The van der Waals surface area contributed by atoms with E-state index in [2.05, 4.69) is 0 Å². The van der Waals surface area contributed by atoms with Gasteiger partial charge in [-0.25, -0.2) is 4.79 Å². The van der Waals surface area contributed by atoms with E-state index in [9.17, 15) is 19.7 Å².